The van der Waals surface area contributed by atoms with Crippen molar-refractivity contribution >= 4 is 23.1 Å². The topological polar surface area (TPSA) is 77.5 Å². The van der Waals surface area contributed by atoms with Crippen LogP contribution in [0.5, 0.6) is 11.5 Å². The number of Topliss-reactive ketones (excluding diaryl/α,β-unsaturated/α-hetero) is 4. The van der Waals surface area contributed by atoms with Gasteiger partial charge in [0.2, 0.25) is 0 Å². The fourth-order valence-corrected chi connectivity index (χ4v) is 4.97. The van der Waals surface area contributed by atoms with Gasteiger partial charge in [-0.1, -0.05) is 150 Å². The predicted octanol–water partition coefficient (Wildman–Crippen LogP) is 11.7. The highest BCUT2D eigenvalue weighted by molar-refractivity contribution is 6.08. The summed E-state index contributed by atoms with van der Waals surface area (Å²) in [7, 11) is 0. The van der Waals surface area contributed by atoms with E-state index in [4.69, 9.17) is 4.74 Å². The van der Waals surface area contributed by atoms with Crippen molar-refractivity contribution in [3.8, 4) is 22.6 Å². The summed E-state index contributed by atoms with van der Waals surface area (Å²) >= 11 is 0. The van der Waals surface area contributed by atoms with Gasteiger partial charge < -0.3 is 4.74 Å². The number of carbonyl (C=O) groups excluding carboxylic acids is 4. The van der Waals surface area contributed by atoms with Gasteiger partial charge in [0.05, 0.1) is 5.56 Å². The van der Waals surface area contributed by atoms with Gasteiger partial charge >= 0.3 is 0 Å². The zero-order valence-corrected chi connectivity index (χ0v) is 31.3. The Labute approximate surface area is 293 Å². The molecule has 0 aliphatic carbocycles. The Morgan fingerprint density at radius 3 is 1.27 bits per heavy atom. The van der Waals surface area contributed by atoms with Gasteiger partial charge in [-0.25, -0.2) is 0 Å². The number of hydrogen-bond donors (Lipinski definition) is 0. The molecule has 4 rings (SSSR count). The first-order chi connectivity index (χ1) is 22.5. The summed E-state index contributed by atoms with van der Waals surface area (Å²) in [5, 5.41) is 0. The molecule has 0 aliphatic rings. The van der Waals surface area contributed by atoms with Gasteiger partial charge in [0, 0.05) is 38.4 Å². The standard InChI is InChI=1S/C22H26O3.C22H26O2/c1-21(2,3)19(23)15-12-13-17(20(24)22(4,5)6)18(14-15)25-16-10-8-7-9-11-16;1-21(2,3)19(23)16-12-13-17(20(24)22(4,5)6)18(14-16)15-10-8-7-9-11-15/h7-14H,1-6H3;7-14H,1-6H3. The third-order valence-corrected chi connectivity index (χ3v) is 7.80. The van der Waals surface area contributed by atoms with Gasteiger partial charge in [-0.05, 0) is 41.5 Å². The van der Waals surface area contributed by atoms with Crippen molar-refractivity contribution in [3.63, 3.8) is 0 Å². The van der Waals surface area contributed by atoms with Gasteiger partial charge in [0.15, 0.2) is 23.1 Å². The van der Waals surface area contributed by atoms with Crippen LogP contribution in [0.25, 0.3) is 11.1 Å². The fourth-order valence-electron chi connectivity index (χ4n) is 4.97. The van der Waals surface area contributed by atoms with Crippen LogP contribution in [0.2, 0.25) is 0 Å². The van der Waals surface area contributed by atoms with Crippen LogP contribution >= 0.6 is 0 Å². The number of hydrogen-bond acceptors (Lipinski definition) is 5. The maximum absolute atomic E-state index is 12.9. The van der Waals surface area contributed by atoms with Crippen molar-refractivity contribution in [1.29, 1.82) is 0 Å². The maximum Gasteiger partial charge on any atom is 0.171 e. The lowest BCUT2D eigenvalue weighted by molar-refractivity contribution is 0.0846. The summed E-state index contributed by atoms with van der Waals surface area (Å²) in [6, 6.07) is 29.6. The van der Waals surface area contributed by atoms with Crippen LogP contribution in [-0.2, 0) is 0 Å². The molecule has 0 saturated carbocycles. The Morgan fingerprint density at radius 1 is 0.429 bits per heavy atom. The SMILES string of the molecule is CC(C)(C)C(=O)c1ccc(C(=O)C(C)(C)C)c(-c2ccccc2)c1.CC(C)(C)C(=O)c1ccc(C(=O)C(C)(C)C)c(Oc2ccccc2)c1. The van der Waals surface area contributed by atoms with Gasteiger partial charge in [-0.3, -0.25) is 19.2 Å². The monoisotopic (exact) mass is 660 g/mol. The number of para-hydroxylation sites is 1. The van der Waals surface area contributed by atoms with Crippen LogP contribution in [-0.4, -0.2) is 23.1 Å². The number of rotatable bonds is 7. The van der Waals surface area contributed by atoms with E-state index in [1.807, 2.05) is 150 Å². The molecule has 0 bridgehead atoms. The first-order valence-electron chi connectivity index (χ1n) is 16.8. The first-order valence-corrected chi connectivity index (χ1v) is 16.8. The van der Waals surface area contributed by atoms with E-state index >= 15 is 0 Å². The van der Waals surface area contributed by atoms with E-state index in [0.717, 1.165) is 11.1 Å². The number of carbonyl (C=O) groups is 4. The molecule has 0 radical (unpaired) electrons. The van der Waals surface area contributed by atoms with E-state index in [1.165, 1.54) is 0 Å². The molecule has 0 aromatic heterocycles. The molecule has 0 saturated heterocycles. The third kappa shape index (κ3) is 10.2. The molecule has 0 heterocycles. The van der Waals surface area contributed by atoms with Crippen LogP contribution in [0.3, 0.4) is 0 Å². The zero-order valence-electron chi connectivity index (χ0n) is 31.3. The third-order valence-electron chi connectivity index (χ3n) is 7.80. The van der Waals surface area contributed by atoms with Crippen molar-refractivity contribution in [2.24, 2.45) is 21.7 Å². The fraction of sp³-hybridized carbons (Fsp3) is 0.364. The average molecular weight is 661 g/mol. The minimum absolute atomic E-state index is 0.0140. The second-order valence-electron chi connectivity index (χ2n) is 16.6. The molecule has 0 N–H and O–H groups in total. The zero-order chi connectivity index (χ0) is 36.9. The van der Waals surface area contributed by atoms with Gasteiger partial charge in [-0.15, -0.1) is 0 Å². The normalized spacial score (nSPS) is 12.0. The highest BCUT2D eigenvalue weighted by atomic mass is 16.5. The molecule has 5 nitrogen and oxygen atoms in total. The Morgan fingerprint density at radius 2 is 0.816 bits per heavy atom. The van der Waals surface area contributed by atoms with Gasteiger partial charge in [-0.2, -0.15) is 0 Å². The summed E-state index contributed by atoms with van der Waals surface area (Å²) in [4.78, 5) is 50.9. The van der Waals surface area contributed by atoms with Gasteiger partial charge in [0.25, 0.3) is 0 Å². The summed E-state index contributed by atoms with van der Waals surface area (Å²) < 4.78 is 5.96. The molecule has 4 aromatic carbocycles. The Bertz CT molecular complexity index is 1800. The molecule has 258 valence electrons. The van der Waals surface area contributed by atoms with Crippen LogP contribution in [0.4, 0.5) is 0 Å². The summed E-state index contributed by atoms with van der Waals surface area (Å²) in [6.45, 7) is 22.7. The van der Waals surface area contributed by atoms with E-state index in [9.17, 15) is 19.2 Å². The summed E-state index contributed by atoms with van der Waals surface area (Å²) in [6.07, 6.45) is 0. The van der Waals surface area contributed by atoms with Crippen LogP contribution < -0.4 is 4.74 Å². The number of benzene rings is 4. The molecule has 4 aromatic rings. The van der Waals surface area contributed by atoms with Crippen molar-refractivity contribution in [2.45, 2.75) is 83.1 Å². The lowest BCUT2D eigenvalue weighted by Gasteiger charge is -2.21. The quantitative estimate of drug-likeness (QED) is 0.184. The summed E-state index contributed by atoms with van der Waals surface area (Å²) in [5.41, 5.74) is 2.16. The van der Waals surface area contributed by atoms with Crippen LogP contribution in [0, 0.1) is 21.7 Å². The Hall–Kier alpha value is -4.64. The van der Waals surface area contributed by atoms with Gasteiger partial charge in [0.1, 0.15) is 11.5 Å². The molecule has 0 spiro atoms. The lowest BCUT2D eigenvalue weighted by Crippen LogP contribution is -2.23. The molecule has 0 amide bonds. The van der Waals surface area contributed by atoms with Crippen LogP contribution in [0.1, 0.15) is 125 Å². The Kier molecular flexibility index (Phi) is 11.8. The van der Waals surface area contributed by atoms with Crippen molar-refractivity contribution in [2.75, 3.05) is 0 Å². The molecule has 5 heteroatoms. The van der Waals surface area contributed by atoms with E-state index < -0.39 is 21.7 Å². The molecule has 49 heavy (non-hydrogen) atoms. The summed E-state index contributed by atoms with van der Waals surface area (Å²) in [5.74, 6) is 1.20. The van der Waals surface area contributed by atoms with Crippen molar-refractivity contribution in [1.82, 2.24) is 0 Å². The maximum atomic E-state index is 12.9. The lowest BCUT2D eigenvalue weighted by atomic mass is 9.80. The van der Waals surface area contributed by atoms with Crippen molar-refractivity contribution in [3.05, 3.63) is 119 Å². The molecule has 0 unspecified atom stereocenters. The largest absolute Gasteiger partial charge is 0.457 e. The molecule has 0 atom stereocenters. The van der Waals surface area contributed by atoms with Crippen molar-refractivity contribution < 1.29 is 23.9 Å². The second kappa shape index (κ2) is 14.9. The highest BCUT2D eigenvalue weighted by Gasteiger charge is 2.30. The van der Waals surface area contributed by atoms with Crippen LogP contribution in [0.15, 0.2) is 97.1 Å². The highest BCUT2D eigenvalue weighted by Crippen LogP contribution is 2.34. The van der Waals surface area contributed by atoms with E-state index in [-0.39, 0.29) is 23.1 Å². The number of ether oxygens (including phenoxy) is 1. The molecule has 0 aliphatic heterocycles. The predicted molar refractivity (Wildman–Crippen MR) is 200 cm³/mol. The second-order valence-corrected chi connectivity index (χ2v) is 16.6. The number of ketones is 4. The van der Waals surface area contributed by atoms with E-state index in [0.29, 0.717) is 33.8 Å². The molecular weight excluding hydrogens is 608 g/mol. The average Bonchev–Trinajstić information content (AvgIpc) is 3.02. The van der Waals surface area contributed by atoms with E-state index in [2.05, 4.69) is 0 Å². The molecule has 0 fully saturated rings. The first kappa shape index (κ1) is 38.8. The molecular formula is C44H52O5. The minimum Gasteiger partial charge on any atom is -0.457 e. The smallest absolute Gasteiger partial charge is 0.171 e. The Balaban J connectivity index is 0.000000266. The minimum atomic E-state index is -0.537. The van der Waals surface area contributed by atoms with E-state index in [1.54, 1.807) is 30.3 Å².